The van der Waals surface area contributed by atoms with Crippen molar-refractivity contribution in [1.29, 1.82) is 0 Å². The van der Waals surface area contributed by atoms with Gasteiger partial charge in [-0.05, 0) is 24.6 Å². The number of hydrogen-bond acceptors (Lipinski definition) is 3. The lowest BCUT2D eigenvalue weighted by Crippen LogP contribution is -2.33. The van der Waals surface area contributed by atoms with E-state index in [0.717, 1.165) is 5.56 Å². The van der Waals surface area contributed by atoms with Crippen LogP contribution in [0.15, 0.2) is 24.3 Å². The molecule has 0 radical (unpaired) electrons. The highest BCUT2D eigenvalue weighted by molar-refractivity contribution is 6.37. The van der Waals surface area contributed by atoms with Crippen LogP contribution >= 0.6 is 0 Å². The predicted molar refractivity (Wildman–Crippen MR) is 56.6 cm³/mol. The molecule has 0 unspecified atom stereocenters. The van der Waals surface area contributed by atoms with Crippen LogP contribution < -0.4 is 4.90 Å². The Bertz CT molecular complexity index is 387. The third-order valence-electron chi connectivity index (χ3n) is 2.05. The lowest BCUT2D eigenvalue weighted by atomic mass is 10.2. The van der Waals surface area contributed by atoms with E-state index in [2.05, 4.69) is 4.74 Å². The second-order valence-electron chi connectivity index (χ2n) is 3.19. The first-order chi connectivity index (χ1) is 7.06. The molecule has 0 aliphatic rings. The van der Waals surface area contributed by atoms with Crippen LogP contribution in [0.4, 0.5) is 5.69 Å². The van der Waals surface area contributed by atoms with Crippen molar-refractivity contribution in [1.82, 2.24) is 0 Å². The molecule has 0 N–H and O–H groups in total. The Morgan fingerprint density at radius 2 is 2.00 bits per heavy atom. The summed E-state index contributed by atoms with van der Waals surface area (Å²) in [5.74, 6) is -1.54. The largest absolute Gasteiger partial charge is 0.462 e. The maximum absolute atomic E-state index is 11.4. The molecule has 1 aromatic carbocycles. The summed E-state index contributed by atoms with van der Waals surface area (Å²) in [6, 6.07) is 7.32. The average Bonchev–Trinajstić information content (AvgIpc) is 2.26. The van der Waals surface area contributed by atoms with Gasteiger partial charge >= 0.3 is 11.9 Å². The van der Waals surface area contributed by atoms with Crippen LogP contribution in [0.1, 0.15) is 5.56 Å². The summed E-state index contributed by atoms with van der Waals surface area (Å²) in [5.41, 5.74) is 1.70. The first kappa shape index (κ1) is 11.2. The van der Waals surface area contributed by atoms with Crippen molar-refractivity contribution in [3.05, 3.63) is 29.8 Å². The van der Waals surface area contributed by atoms with Crippen molar-refractivity contribution in [3.63, 3.8) is 0 Å². The Hall–Kier alpha value is -1.84. The van der Waals surface area contributed by atoms with Crippen LogP contribution in [0.3, 0.4) is 0 Å². The van der Waals surface area contributed by atoms with Gasteiger partial charge in [-0.25, -0.2) is 4.79 Å². The van der Waals surface area contributed by atoms with Crippen LogP contribution in [-0.2, 0) is 14.3 Å². The molecule has 80 valence electrons. The molecular weight excluding hydrogens is 194 g/mol. The molecule has 1 rings (SSSR count). The van der Waals surface area contributed by atoms with E-state index >= 15 is 0 Å². The summed E-state index contributed by atoms with van der Waals surface area (Å²) in [5, 5.41) is 0. The lowest BCUT2D eigenvalue weighted by Gasteiger charge is -2.15. The van der Waals surface area contributed by atoms with Crippen molar-refractivity contribution >= 4 is 17.6 Å². The molecule has 0 bridgehead atoms. The third kappa shape index (κ3) is 2.56. The van der Waals surface area contributed by atoms with E-state index in [9.17, 15) is 9.59 Å². The van der Waals surface area contributed by atoms with Crippen LogP contribution in [0.5, 0.6) is 0 Å². The van der Waals surface area contributed by atoms with Gasteiger partial charge in [0.25, 0.3) is 0 Å². The highest BCUT2D eigenvalue weighted by atomic mass is 16.5. The number of carbonyl (C=O) groups excluding carboxylic acids is 2. The van der Waals surface area contributed by atoms with Crippen molar-refractivity contribution in [2.75, 3.05) is 19.1 Å². The molecule has 0 spiro atoms. The number of anilines is 1. The zero-order valence-corrected chi connectivity index (χ0v) is 8.98. The molecule has 4 heteroatoms. The van der Waals surface area contributed by atoms with Gasteiger partial charge in [0.15, 0.2) is 0 Å². The normalized spacial score (nSPS) is 9.53. The molecule has 0 atom stereocenters. The van der Waals surface area contributed by atoms with Crippen molar-refractivity contribution < 1.29 is 14.3 Å². The van der Waals surface area contributed by atoms with Gasteiger partial charge in [-0.2, -0.15) is 0 Å². The van der Waals surface area contributed by atoms with Crippen molar-refractivity contribution in [2.24, 2.45) is 0 Å². The summed E-state index contributed by atoms with van der Waals surface area (Å²) >= 11 is 0. The van der Waals surface area contributed by atoms with Crippen LogP contribution in [0.2, 0.25) is 0 Å². The Morgan fingerprint density at radius 1 is 1.33 bits per heavy atom. The molecule has 0 heterocycles. The van der Waals surface area contributed by atoms with Gasteiger partial charge in [-0.1, -0.05) is 12.1 Å². The number of carbonyl (C=O) groups is 2. The topological polar surface area (TPSA) is 46.6 Å². The van der Waals surface area contributed by atoms with Crippen molar-refractivity contribution in [3.8, 4) is 0 Å². The summed E-state index contributed by atoms with van der Waals surface area (Å²) in [7, 11) is 2.72. The van der Waals surface area contributed by atoms with Gasteiger partial charge in [0, 0.05) is 12.7 Å². The van der Waals surface area contributed by atoms with E-state index in [1.807, 2.05) is 25.1 Å². The number of methoxy groups -OCH3 is 1. The zero-order chi connectivity index (χ0) is 11.4. The fourth-order valence-electron chi connectivity index (χ4n) is 1.18. The minimum atomic E-state index is -0.862. The Balaban J connectivity index is 2.89. The Labute approximate surface area is 88.5 Å². The Morgan fingerprint density at radius 3 is 2.53 bits per heavy atom. The SMILES string of the molecule is COC(=O)C(=O)N(C)c1cccc(C)c1. The quantitative estimate of drug-likeness (QED) is 0.512. The molecule has 0 aliphatic heterocycles. The molecular formula is C11H13NO3. The van der Waals surface area contributed by atoms with Crippen LogP contribution in [0.25, 0.3) is 0 Å². The van der Waals surface area contributed by atoms with E-state index in [1.165, 1.54) is 19.1 Å². The molecule has 4 nitrogen and oxygen atoms in total. The van der Waals surface area contributed by atoms with E-state index in [-0.39, 0.29) is 0 Å². The molecule has 15 heavy (non-hydrogen) atoms. The van der Waals surface area contributed by atoms with Gasteiger partial charge in [0.2, 0.25) is 0 Å². The maximum atomic E-state index is 11.4. The fraction of sp³-hybridized carbons (Fsp3) is 0.273. The molecule has 0 saturated carbocycles. The van der Waals surface area contributed by atoms with Gasteiger partial charge in [-0.15, -0.1) is 0 Å². The standard InChI is InChI=1S/C11H13NO3/c1-8-5-4-6-9(7-8)12(2)10(13)11(14)15-3/h4-7H,1-3H3. The second-order valence-corrected chi connectivity index (χ2v) is 3.19. The van der Waals surface area contributed by atoms with Gasteiger partial charge < -0.3 is 9.64 Å². The van der Waals surface area contributed by atoms with E-state index in [0.29, 0.717) is 5.69 Å². The molecule has 0 saturated heterocycles. The second kappa shape index (κ2) is 4.59. The number of ether oxygens (including phenoxy) is 1. The van der Waals surface area contributed by atoms with Gasteiger partial charge in [-0.3, -0.25) is 4.79 Å². The summed E-state index contributed by atoms with van der Waals surface area (Å²) in [6.45, 7) is 1.92. The minimum absolute atomic E-state index is 0.672. The minimum Gasteiger partial charge on any atom is -0.462 e. The lowest BCUT2D eigenvalue weighted by molar-refractivity contribution is -0.151. The van der Waals surface area contributed by atoms with Crippen LogP contribution in [-0.4, -0.2) is 26.0 Å². The summed E-state index contributed by atoms with van der Waals surface area (Å²) in [6.07, 6.45) is 0. The van der Waals surface area contributed by atoms with E-state index in [1.54, 1.807) is 6.07 Å². The third-order valence-corrected chi connectivity index (χ3v) is 2.05. The monoisotopic (exact) mass is 207 g/mol. The first-order valence-corrected chi connectivity index (χ1v) is 4.49. The molecule has 0 fully saturated rings. The number of benzene rings is 1. The number of rotatable bonds is 1. The number of nitrogens with zero attached hydrogens (tertiary/aromatic N) is 1. The number of likely N-dealkylation sites (N-methyl/N-ethyl adjacent to an activating group) is 1. The summed E-state index contributed by atoms with van der Waals surface area (Å²) in [4.78, 5) is 23.7. The fourth-order valence-corrected chi connectivity index (χ4v) is 1.18. The number of amides is 1. The summed E-state index contributed by atoms with van der Waals surface area (Å²) < 4.78 is 4.35. The van der Waals surface area contributed by atoms with Crippen molar-refractivity contribution in [2.45, 2.75) is 6.92 Å². The molecule has 0 aliphatic carbocycles. The molecule has 0 aromatic heterocycles. The van der Waals surface area contributed by atoms with Gasteiger partial charge in [0.1, 0.15) is 0 Å². The van der Waals surface area contributed by atoms with Crippen LogP contribution in [0, 0.1) is 6.92 Å². The molecule has 1 aromatic rings. The van der Waals surface area contributed by atoms with Gasteiger partial charge in [0.05, 0.1) is 7.11 Å². The highest BCUT2D eigenvalue weighted by Gasteiger charge is 2.20. The van der Waals surface area contributed by atoms with E-state index in [4.69, 9.17) is 0 Å². The zero-order valence-electron chi connectivity index (χ0n) is 8.98. The maximum Gasteiger partial charge on any atom is 0.397 e. The molecule has 1 amide bonds. The highest BCUT2D eigenvalue weighted by Crippen LogP contribution is 2.14. The number of hydrogen-bond donors (Lipinski definition) is 0. The first-order valence-electron chi connectivity index (χ1n) is 4.49. The number of aryl methyl sites for hydroxylation is 1. The Kier molecular flexibility index (Phi) is 3.44. The number of esters is 1. The average molecular weight is 207 g/mol. The van der Waals surface area contributed by atoms with E-state index < -0.39 is 11.9 Å². The predicted octanol–water partition coefficient (Wildman–Crippen LogP) is 1.13. The smallest absolute Gasteiger partial charge is 0.397 e.